The summed E-state index contributed by atoms with van der Waals surface area (Å²) < 4.78 is 28.8. The van der Waals surface area contributed by atoms with E-state index in [1.807, 2.05) is 30.8 Å². The molecule has 0 bridgehead atoms. The second-order valence-electron chi connectivity index (χ2n) is 7.77. The van der Waals surface area contributed by atoms with Crippen molar-refractivity contribution in [1.29, 1.82) is 0 Å². The summed E-state index contributed by atoms with van der Waals surface area (Å²) in [4.78, 5) is 27.9. The number of hydrogen-bond donors (Lipinski definition) is 0. The molecule has 0 saturated carbocycles. The smallest absolute Gasteiger partial charge is 0.254 e. The van der Waals surface area contributed by atoms with E-state index in [0.29, 0.717) is 19.0 Å². The minimum absolute atomic E-state index is 0.0488. The second kappa shape index (κ2) is 8.30. The van der Waals surface area contributed by atoms with Gasteiger partial charge in [-0.05, 0) is 43.9 Å². The number of amides is 1. The molecule has 1 amide bonds. The molecule has 8 heteroatoms. The monoisotopic (exact) mass is 411 g/mol. The van der Waals surface area contributed by atoms with Gasteiger partial charge in [-0.1, -0.05) is 0 Å². The van der Waals surface area contributed by atoms with E-state index < -0.39 is 11.6 Å². The maximum atomic E-state index is 13.4. The number of hydrogen-bond acceptors (Lipinski definition) is 4. The Balaban J connectivity index is 1.41. The number of aryl methyl sites for hydroxylation is 2. The number of rotatable bonds is 4. The molecule has 1 saturated heterocycles. The maximum absolute atomic E-state index is 13.4. The van der Waals surface area contributed by atoms with Crippen molar-refractivity contribution < 1.29 is 13.6 Å². The van der Waals surface area contributed by atoms with E-state index in [2.05, 4.69) is 9.97 Å². The van der Waals surface area contributed by atoms with Gasteiger partial charge >= 0.3 is 0 Å². The van der Waals surface area contributed by atoms with Gasteiger partial charge in [0.2, 0.25) is 0 Å². The van der Waals surface area contributed by atoms with Gasteiger partial charge in [0.1, 0.15) is 23.2 Å². The van der Waals surface area contributed by atoms with Crippen LogP contribution in [-0.2, 0) is 13.5 Å². The summed E-state index contributed by atoms with van der Waals surface area (Å²) in [6, 6.07) is 4.85. The molecule has 6 nitrogen and oxygen atoms in total. The first kappa shape index (κ1) is 20.1. The highest BCUT2D eigenvalue weighted by Crippen LogP contribution is 2.24. The van der Waals surface area contributed by atoms with Crippen LogP contribution in [0.15, 0.2) is 36.7 Å². The van der Waals surface area contributed by atoms with Crippen LogP contribution in [0.4, 0.5) is 8.78 Å². The molecular formula is C22H23F2N5O. The van der Waals surface area contributed by atoms with Gasteiger partial charge in [0.25, 0.3) is 5.91 Å². The van der Waals surface area contributed by atoms with Crippen LogP contribution in [-0.4, -0.2) is 43.4 Å². The third kappa shape index (κ3) is 4.37. The molecule has 1 aliphatic heterocycles. The largest absolute Gasteiger partial charge is 0.339 e. The van der Waals surface area contributed by atoms with E-state index in [1.165, 1.54) is 0 Å². The Labute approximate surface area is 173 Å². The zero-order valence-electron chi connectivity index (χ0n) is 17.0. The van der Waals surface area contributed by atoms with Crippen LogP contribution in [0.1, 0.15) is 34.7 Å². The topological polar surface area (TPSA) is 63.9 Å². The van der Waals surface area contributed by atoms with Gasteiger partial charge in [-0.15, -0.1) is 0 Å². The normalized spacial score (nSPS) is 14.9. The van der Waals surface area contributed by atoms with Crippen LogP contribution < -0.4 is 0 Å². The molecule has 0 atom stereocenters. The van der Waals surface area contributed by atoms with Gasteiger partial charge in [-0.25, -0.2) is 23.7 Å². The van der Waals surface area contributed by atoms with Gasteiger partial charge < -0.3 is 9.47 Å². The fraction of sp³-hybridized carbons (Fsp3) is 0.364. The lowest BCUT2D eigenvalue weighted by Gasteiger charge is -2.32. The van der Waals surface area contributed by atoms with Crippen molar-refractivity contribution in [3.63, 3.8) is 0 Å². The van der Waals surface area contributed by atoms with Crippen LogP contribution in [0.2, 0.25) is 0 Å². The Bertz CT molecular complexity index is 1050. The number of nitrogens with zero attached hydrogens (tertiary/aromatic N) is 5. The molecule has 0 aliphatic carbocycles. The summed E-state index contributed by atoms with van der Waals surface area (Å²) in [5.41, 5.74) is 1.73. The first-order valence-corrected chi connectivity index (χ1v) is 9.96. The number of aromatic nitrogens is 4. The van der Waals surface area contributed by atoms with Crippen LogP contribution in [0.25, 0.3) is 11.5 Å². The Morgan fingerprint density at radius 2 is 1.80 bits per heavy atom. The summed E-state index contributed by atoms with van der Waals surface area (Å²) in [7, 11) is 1.93. The highest BCUT2D eigenvalue weighted by Gasteiger charge is 2.25. The summed E-state index contributed by atoms with van der Waals surface area (Å²) in [6.45, 7) is 3.02. The zero-order chi connectivity index (χ0) is 21.3. The number of carbonyl (C=O) groups excluding carboxylic acids is 1. The van der Waals surface area contributed by atoms with E-state index in [4.69, 9.17) is 4.98 Å². The van der Waals surface area contributed by atoms with Gasteiger partial charge in [0, 0.05) is 56.3 Å². The average Bonchev–Trinajstić information content (AvgIpc) is 3.13. The molecule has 4 rings (SSSR count). The fourth-order valence-electron chi connectivity index (χ4n) is 3.91. The molecular weight excluding hydrogens is 388 g/mol. The van der Waals surface area contributed by atoms with Crippen LogP contribution >= 0.6 is 0 Å². The maximum Gasteiger partial charge on any atom is 0.254 e. The Morgan fingerprint density at radius 1 is 1.10 bits per heavy atom. The molecule has 3 heterocycles. The van der Waals surface area contributed by atoms with Crippen LogP contribution in [0.3, 0.4) is 0 Å². The first-order chi connectivity index (χ1) is 14.4. The van der Waals surface area contributed by atoms with Gasteiger partial charge in [0.15, 0.2) is 5.82 Å². The standard InChI is InChI=1S/C22H23F2N5O/c1-14-9-19(21-25-5-8-28(21)2)27-20(26-14)10-15-3-6-29(7-4-15)22(30)16-11-17(23)13-18(24)12-16/h5,8-9,11-13,15H,3-4,6-7,10H2,1-2H3. The average molecular weight is 411 g/mol. The second-order valence-corrected chi connectivity index (χ2v) is 7.77. The van der Waals surface area contributed by atoms with Crippen molar-refractivity contribution in [2.75, 3.05) is 13.1 Å². The minimum Gasteiger partial charge on any atom is -0.339 e. The SMILES string of the molecule is Cc1cc(-c2nccn2C)nc(CC2CCN(C(=O)c3cc(F)cc(F)c3)CC2)n1. The predicted octanol–water partition coefficient (Wildman–Crippen LogP) is 3.56. The van der Waals surface area contributed by atoms with Crippen molar-refractivity contribution >= 4 is 5.91 Å². The van der Waals surface area contributed by atoms with E-state index in [0.717, 1.165) is 60.5 Å². The van der Waals surface area contributed by atoms with Gasteiger partial charge in [-0.2, -0.15) is 0 Å². The predicted molar refractivity (Wildman–Crippen MR) is 108 cm³/mol. The number of imidazole rings is 1. The number of likely N-dealkylation sites (tertiary alicyclic amines) is 1. The lowest BCUT2D eigenvalue weighted by molar-refractivity contribution is 0.0689. The van der Waals surface area contributed by atoms with Crippen molar-refractivity contribution in [2.24, 2.45) is 13.0 Å². The summed E-state index contributed by atoms with van der Waals surface area (Å²) in [5, 5.41) is 0. The number of carbonyl (C=O) groups is 1. The summed E-state index contributed by atoms with van der Waals surface area (Å²) in [5.74, 6) is 0.0845. The molecule has 3 aromatic rings. The van der Waals surface area contributed by atoms with Crippen molar-refractivity contribution in [2.45, 2.75) is 26.2 Å². The Hall–Kier alpha value is -3.16. The molecule has 0 spiro atoms. The molecule has 2 aromatic heterocycles. The fourth-order valence-corrected chi connectivity index (χ4v) is 3.91. The molecule has 0 radical (unpaired) electrons. The highest BCUT2D eigenvalue weighted by molar-refractivity contribution is 5.94. The lowest BCUT2D eigenvalue weighted by atomic mass is 9.92. The molecule has 156 valence electrons. The number of halogens is 2. The van der Waals surface area contributed by atoms with Gasteiger partial charge in [0.05, 0.1) is 0 Å². The Morgan fingerprint density at radius 3 is 2.43 bits per heavy atom. The molecule has 1 fully saturated rings. The summed E-state index contributed by atoms with van der Waals surface area (Å²) >= 11 is 0. The van der Waals surface area contributed by atoms with Crippen LogP contribution in [0.5, 0.6) is 0 Å². The van der Waals surface area contributed by atoms with E-state index in [-0.39, 0.29) is 11.5 Å². The molecule has 0 unspecified atom stereocenters. The van der Waals surface area contributed by atoms with E-state index in [1.54, 1.807) is 11.1 Å². The van der Waals surface area contributed by atoms with Crippen molar-refractivity contribution in [3.8, 4) is 11.5 Å². The quantitative estimate of drug-likeness (QED) is 0.659. The molecule has 30 heavy (non-hydrogen) atoms. The zero-order valence-corrected chi connectivity index (χ0v) is 17.0. The Kier molecular flexibility index (Phi) is 5.57. The van der Waals surface area contributed by atoms with Crippen molar-refractivity contribution in [1.82, 2.24) is 24.4 Å². The van der Waals surface area contributed by atoms with E-state index in [9.17, 15) is 13.6 Å². The van der Waals surface area contributed by atoms with E-state index >= 15 is 0 Å². The highest BCUT2D eigenvalue weighted by atomic mass is 19.1. The van der Waals surface area contributed by atoms with Crippen LogP contribution in [0, 0.1) is 24.5 Å². The first-order valence-electron chi connectivity index (χ1n) is 9.96. The molecule has 0 N–H and O–H groups in total. The minimum atomic E-state index is -0.742. The third-order valence-corrected chi connectivity index (χ3v) is 5.43. The third-order valence-electron chi connectivity index (χ3n) is 5.43. The molecule has 1 aliphatic rings. The van der Waals surface area contributed by atoms with Crippen molar-refractivity contribution in [3.05, 3.63) is 65.4 Å². The molecule has 1 aromatic carbocycles. The number of benzene rings is 1. The summed E-state index contributed by atoms with van der Waals surface area (Å²) in [6.07, 6.45) is 5.92. The van der Waals surface area contributed by atoms with Gasteiger partial charge in [-0.3, -0.25) is 4.79 Å². The number of piperidine rings is 1. The lowest BCUT2D eigenvalue weighted by Crippen LogP contribution is -2.39.